The molecule has 1 atom stereocenters. The summed E-state index contributed by atoms with van der Waals surface area (Å²) in [6, 6.07) is 7.39. The molecule has 2 N–H and O–H groups in total. The highest BCUT2D eigenvalue weighted by molar-refractivity contribution is 9.11. The second kappa shape index (κ2) is 5.59. The summed E-state index contributed by atoms with van der Waals surface area (Å²) in [7, 11) is 0. The molecule has 0 bridgehead atoms. The lowest BCUT2D eigenvalue weighted by molar-refractivity contribution is 0.871. The first-order chi connectivity index (χ1) is 7.99. The Hall–Kier alpha value is 0.420. The van der Waals surface area contributed by atoms with Gasteiger partial charge in [-0.3, -0.25) is 0 Å². The maximum atomic E-state index is 6.20. The molecule has 1 nitrogen and oxygen atoms in total. The third-order valence-corrected chi connectivity index (χ3v) is 5.01. The van der Waals surface area contributed by atoms with E-state index < -0.39 is 0 Å². The summed E-state index contributed by atoms with van der Waals surface area (Å²) in [5.74, 6) is 0. The summed E-state index contributed by atoms with van der Waals surface area (Å²) >= 11 is 20.2. The molecule has 1 unspecified atom stereocenters. The van der Waals surface area contributed by atoms with Gasteiger partial charge in [0, 0.05) is 14.5 Å². The summed E-state index contributed by atoms with van der Waals surface area (Å²) in [6.45, 7) is 0. The van der Waals surface area contributed by atoms with Crippen molar-refractivity contribution in [3.8, 4) is 0 Å². The molecule has 0 radical (unpaired) electrons. The van der Waals surface area contributed by atoms with Crippen LogP contribution in [0, 0.1) is 0 Å². The van der Waals surface area contributed by atoms with Gasteiger partial charge in [0.25, 0.3) is 0 Å². The van der Waals surface area contributed by atoms with E-state index in [0.29, 0.717) is 8.67 Å². The average Bonchev–Trinajstić information content (AvgIpc) is 2.57. The van der Waals surface area contributed by atoms with Crippen LogP contribution in [0.5, 0.6) is 0 Å². The van der Waals surface area contributed by atoms with E-state index >= 15 is 0 Å². The second-order valence-corrected chi connectivity index (χ2v) is 7.48. The SMILES string of the molecule is NC(c1ccc(Br)cc1Br)c1cc(Cl)sc1Cl. The zero-order valence-corrected chi connectivity index (χ0v) is 13.9. The van der Waals surface area contributed by atoms with Crippen molar-refractivity contribution in [2.24, 2.45) is 5.73 Å². The molecule has 1 heterocycles. The number of benzene rings is 1. The molecule has 0 amide bonds. The molecule has 0 aliphatic carbocycles. The fourth-order valence-electron chi connectivity index (χ4n) is 1.49. The van der Waals surface area contributed by atoms with E-state index in [1.165, 1.54) is 11.3 Å². The van der Waals surface area contributed by atoms with Gasteiger partial charge in [-0.15, -0.1) is 11.3 Å². The number of hydrogen-bond donors (Lipinski definition) is 1. The van der Waals surface area contributed by atoms with Gasteiger partial charge in [0.05, 0.1) is 14.7 Å². The van der Waals surface area contributed by atoms with E-state index in [4.69, 9.17) is 28.9 Å². The molecule has 0 fully saturated rings. The first kappa shape index (κ1) is 13.8. The number of thiophene rings is 1. The highest BCUT2D eigenvalue weighted by atomic mass is 79.9. The molecule has 1 aromatic carbocycles. The Morgan fingerprint density at radius 2 is 1.82 bits per heavy atom. The predicted molar refractivity (Wildman–Crippen MR) is 82.2 cm³/mol. The average molecular weight is 416 g/mol. The van der Waals surface area contributed by atoms with Gasteiger partial charge in [-0.25, -0.2) is 0 Å². The van der Waals surface area contributed by atoms with Crippen molar-refractivity contribution in [1.29, 1.82) is 0 Å². The molecule has 17 heavy (non-hydrogen) atoms. The molecule has 1 aromatic heterocycles. The number of hydrogen-bond acceptors (Lipinski definition) is 2. The van der Waals surface area contributed by atoms with Crippen LogP contribution in [-0.2, 0) is 0 Å². The third-order valence-electron chi connectivity index (χ3n) is 2.32. The van der Waals surface area contributed by atoms with Gasteiger partial charge in [-0.05, 0) is 23.8 Å². The standard InChI is InChI=1S/C11H7Br2Cl2NS/c12-5-1-2-6(8(13)3-5)10(16)7-4-9(14)17-11(7)15/h1-4,10H,16H2. The molecule has 90 valence electrons. The van der Waals surface area contributed by atoms with Crippen LogP contribution < -0.4 is 5.73 Å². The van der Waals surface area contributed by atoms with Crippen molar-refractivity contribution in [2.45, 2.75) is 6.04 Å². The monoisotopic (exact) mass is 413 g/mol. The van der Waals surface area contributed by atoms with Crippen molar-refractivity contribution >= 4 is 66.4 Å². The van der Waals surface area contributed by atoms with E-state index in [1.807, 2.05) is 24.3 Å². The first-order valence-electron chi connectivity index (χ1n) is 4.64. The van der Waals surface area contributed by atoms with E-state index in [2.05, 4.69) is 31.9 Å². The minimum atomic E-state index is -0.284. The Labute approximate surface area is 130 Å². The summed E-state index contributed by atoms with van der Waals surface area (Å²) in [5, 5.41) is 0. The van der Waals surface area contributed by atoms with E-state index in [0.717, 1.165) is 20.1 Å². The van der Waals surface area contributed by atoms with Gasteiger partial charge in [0.1, 0.15) is 0 Å². The largest absolute Gasteiger partial charge is 0.320 e. The maximum absolute atomic E-state index is 6.20. The summed E-state index contributed by atoms with van der Waals surface area (Å²) in [6.07, 6.45) is 0. The minimum Gasteiger partial charge on any atom is -0.320 e. The molecule has 0 spiro atoms. The van der Waals surface area contributed by atoms with Gasteiger partial charge >= 0.3 is 0 Å². The second-order valence-electron chi connectivity index (χ2n) is 3.42. The van der Waals surface area contributed by atoms with Crippen molar-refractivity contribution in [2.75, 3.05) is 0 Å². The Morgan fingerprint density at radius 3 is 2.35 bits per heavy atom. The molecule has 0 aliphatic rings. The highest BCUT2D eigenvalue weighted by Gasteiger charge is 2.17. The molecular formula is C11H7Br2Cl2NS. The Bertz CT molecular complexity index is 556. The summed E-state index contributed by atoms with van der Waals surface area (Å²) < 4.78 is 3.22. The first-order valence-corrected chi connectivity index (χ1v) is 7.80. The van der Waals surface area contributed by atoms with Crippen molar-refractivity contribution in [1.82, 2.24) is 0 Å². The van der Waals surface area contributed by atoms with Gasteiger partial charge in [-0.1, -0.05) is 61.1 Å². The number of rotatable bonds is 2. The fourth-order valence-corrected chi connectivity index (χ4v) is 4.33. The van der Waals surface area contributed by atoms with Crippen molar-refractivity contribution < 1.29 is 0 Å². The van der Waals surface area contributed by atoms with E-state index in [9.17, 15) is 0 Å². The normalized spacial score (nSPS) is 12.8. The van der Waals surface area contributed by atoms with Crippen LogP contribution in [0.1, 0.15) is 17.2 Å². The highest BCUT2D eigenvalue weighted by Crippen LogP contribution is 2.38. The Morgan fingerprint density at radius 1 is 1.12 bits per heavy atom. The molecule has 2 aromatic rings. The van der Waals surface area contributed by atoms with Crippen LogP contribution in [0.3, 0.4) is 0 Å². The smallest absolute Gasteiger partial charge is 0.0995 e. The molecular weight excluding hydrogens is 409 g/mol. The van der Waals surface area contributed by atoms with Crippen LogP contribution in [0.2, 0.25) is 8.67 Å². The summed E-state index contributed by atoms with van der Waals surface area (Å²) in [4.78, 5) is 0. The van der Waals surface area contributed by atoms with Gasteiger partial charge in [0.15, 0.2) is 0 Å². The lowest BCUT2D eigenvalue weighted by atomic mass is 10.0. The van der Waals surface area contributed by atoms with Gasteiger partial charge in [0.2, 0.25) is 0 Å². The minimum absolute atomic E-state index is 0.284. The quantitative estimate of drug-likeness (QED) is 0.676. The Kier molecular flexibility index (Phi) is 4.55. The van der Waals surface area contributed by atoms with Crippen molar-refractivity contribution in [3.63, 3.8) is 0 Å². The van der Waals surface area contributed by atoms with E-state index in [1.54, 1.807) is 0 Å². The van der Waals surface area contributed by atoms with Gasteiger partial charge < -0.3 is 5.73 Å². The lowest BCUT2D eigenvalue weighted by Crippen LogP contribution is -2.11. The van der Waals surface area contributed by atoms with Crippen LogP contribution in [-0.4, -0.2) is 0 Å². The van der Waals surface area contributed by atoms with Crippen LogP contribution in [0.25, 0.3) is 0 Å². The Balaban J connectivity index is 2.43. The zero-order chi connectivity index (χ0) is 12.6. The van der Waals surface area contributed by atoms with Gasteiger partial charge in [-0.2, -0.15) is 0 Å². The fraction of sp³-hybridized carbons (Fsp3) is 0.0909. The summed E-state index contributed by atoms with van der Waals surface area (Å²) in [5.41, 5.74) is 8.03. The molecule has 6 heteroatoms. The zero-order valence-electron chi connectivity index (χ0n) is 8.38. The molecule has 2 rings (SSSR count). The number of halogens is 4. The van der Waals surface area contributed by atoms with E-state index in [-0.39, 0.29) is 6.04 Å². The predicted octanol–water partition coefficient (Wildman–Crippen LogP) is 5.63. The third kappa shape index (κ3) is 3.06. The van der Waals surface area contributed by atoms with Crippen LogP contribution in [0.15, 0.2) is 33.2 Å². The molecule has 0 saturated heterocycles. The van der Waals surface area contributed by atoms with Crippen molar-refractivity contribution in [3.05, 3.63) is 53.0 Å². The molecule has 0 saturated carbocycles. The maximum Gasteiger partial charge on any atom is 0.0995 e. The topological polar surface area (TPSA) is 26.0 Å². The van der Waals surface area contributed by atoms with Crippen LogP contribution in [0.4, 0.5) is 0 Å². The van der Waals surface area contributed by atoms with Crippen LogP contribution >= 0.6 is 66.4 Å². The molecule has 0 aliphatic heterocycles. The number of nitrogens with two attached hydrogens (primary N) is 1. The lowest BCUT2D eigenvalue weighted by Gasteiger charge is -2.13.